The number of carbonyl (C=O) groups is 1. The zero-order chi connectivity index (χ0) is 15.3. The second-order valence-electron chi connectivity index (χ2n) is 6.77. The van der Waals surface area contributed by atoms with E-state index in [-0.39, 0.29) is 18.2 Å². The molecule has 1 amide bonds. The largest absolute Gasteiger partial charge is 0.444 e. The average molecular weight is 286 g/mol. The lowest BCUT2D eigenvalue weighted by atomic mass is 10.0. The molecule has 3 unspecified atom stereocenters. The van der Waals surface area contributed by atoms with Gasteiger partial charge in [-0.2, -0.15) is 0 Å². The molecule has 0 spiro atoms. The molecule has 1 saturated heterocycles. The van der Waals surface area contributed by atoms with Crippen molar-refractivity contribution in [2.75, 3.05) is 19.6 Å². The first-order valence-electron chi connectivity index (χ1n) is 7.62. The Bertz CT molecular complexity index is 315. The fourth-order valence-electron chi connectivity index (χ4n) is 2.18. The fraction of sp³-hybridized carbons (Fsp3) is 0.933. The smallest absolute Gasteiger partial charge is 0.410 e. The Morgan fingerprint density at radius 2 is 2.15 bits per heavy atom. The maximum atomic E-state index is 11.9. The number of rotatable bonds is 5. The first-order chi connectivity index (χ1) is 9.23. The highest BCUT2D eigenvalue weighted by Gasteiger charge is 2.29. The molecule has 1 heterocycles. The predicted octanol–water partition coefficient (Wildman–Crippen LogP) is 1.99. The van der Waals surface area contributed by atoms with Crippen molar-refractivity contribution in [3.8, 4) is 0 Å². The monoisotopic (exact) mass is 286 g/mol. The van der Waals surface area contributed by atoms with Gasteiger partial charge in [0.25, 0.3) is 0 Å². The molecule has 1 rings (SSSR count). The summed E-state index contributed by atoms with van der Waals surface area (Å²) in [5, 5.41) is 13.3. The van der Waals surface area contributed by atoms with Gasteiger partial charge in [0.15, 0.2) is 0 Å². The van der Waals surface area contributed by atoms with Gasteiger partial charge in [-0.1, -0.05) is 20.3 Å². The predicted molar refractivity (Wildman–Crippen MR) is 79.7 cm³/mol. The van der Waals surface area contributed by atoms with Crippen LogP contribution in [0.2, 0.25) is 0 Å². The van der Waals surface area contributed by atoms with Crippen LogP contribution in [-0.4, -0.2) is 53.5 Å². The maximum absolute atomic E-state index is 11.9. The average Bonchev–Trinajstić information content (AvgIpc) is 2.81. The van der Waals surface area contributed by atoms with Gasteiger partial charge in [0.1, 0.15) is 5.60 Å². The molecule has 1 fully saturated rings. The second-order valence-corrected chi connectivity index (χ2v) is 6.77. The summed E-state index contributed by atoms with van der Waals surface area (Å²) in [6.45, 7) is 11.7. The fourth-order valence-corrected chi connectivity index (χ4v) is 2.18. The SMILES string of the molecule is CCC(C)C(O)CNC1CCN(C(=O)OC(C)(C)C)C1. The summed E-state index contributed by atoms with van der Waals surface area (Å²) < 4.78 is 5.36. The highest BCUT2D eigenvalue weighted by Crippen LogP contribution is 2.15. The van der Waals surface area contributed by atoms with Crippen molar-refractivity contribution in [3.05, 3.63) is 0 Å². The molecule has 0 aromatic heterocycles. The van der Waals surface area contributed by atoms with Gasteiger partial charge >= 0.3 is 6.09 Å². The molecule has 2 N–H and O–H groups in total. The Morgan fingerprint density at radius 3 is 2.70 bits per heavy atom. The van der Waals surface area contributed by atoms with Crippen LogP contribution < -0.4 is 5.32 Å². The van der Waals surface area contributed by atoms with Crippen LogP contribution in [0, 0.1) is 5.92 Å². The van der Waals surface area contributed by atoms with Crippen LogP contribution in [0.3, 0.4) is 0 Å². The van der Waals surface area contributed by atoms with Crippen LogP contribution in [0.4, 0.5) is 4.79 Å². The minimum Gasteiger partial charge on any atom is -0.444 e. The van der Waals surface area contributed by atoms with Gasteiger partial charge in [0, 0.05) is 25.7 Å². The number of nitrogens with one attached hydrogen (secondary N) is 1. The highest BCUT2D eigenvalue weighted by molar-refractivity contribution is 5.68. The standard InChI is InChI=1S/C15H30N2O3/c1-6-11(2)13(18)9-16-12-7-8-17(10-12)14(19)20-15(3,4)5/h11-13,16,18H,6-10H2,1-5H3. The van der Waals surface area contributed by atoms with E-state index in [0.717, 1.165) is 12.8 Å². The van der Waals surface area contributed by atoms with Crippen molar-refractivity contribution in [1.29, 1.82) is 0 Å². The van der Waals surface area contributed by atoms with Gasteiger partial charge in [-0.3, -0.25) is 0 Å². The topological polar surface area (TPSA) is 61.8 Å². The summed E-state index contributed by atoms with van der Waals surface area (Å²) in [6.07, 6.45) is 1.31. The van der Waals surface area contributed by atoms with Gasteiger partial charge < -0.3 is 20.1 Å². The van der Waals surface area contributed by atoms with Crippen LogP contribution >= 0.6 is 0 Å². The third kappa shape index (κ3) is 5.67. The molecule has 0 saturated carbocycles. The summed E-state index contributed by atoms with van der Waals surface area (Å²) in [4.78, 5) is 13.7. The van der Waals surface area contributed by atoms with Crippen molar-refractivity contribution in [1.82, 2.24) is 10.2 Å². The van der Waals surface area contributed by atoms with Crippen molar-refractivity contribution in [2.24, 2.45) is 5.92 Å². The Labute approximate surface area is 122 Å². The Balaban J connectivity index is 2.31. The van der Waals surface area contributed by atoms with Crippen molar-refractivity contribution in [3.63, 3.8) is 0 Å². The summed E-state index contributed by atoms with van der Waals surface area (Å²) in [5.41, 5.74) is -0.449. The van der Waals surface area contributed by atoms with Gasteiger partial charge in [-0.15, -0.1) is 0 Å². The molecule has 5 heteroatoms. The highest BCUT2D eigenvalue weighted by atomic mass is 16.6. The summed E-state index contributed by atoms with van der Waals surface area (Å²) >= 11 is 0. The number of hydrogen-bond acceptors (Lipinski definition) is 4. The van der Waals surface area contributed by atoms with E-state index in [1.807, 2.05) is 27.7 Å². The molecular weight excluding hydrogens is 256 g/mol. The van der Waals surface area contributed by atoms with Gasteiger partial charge in [0.05, 0.1) is 6.10 Å². The first kappa shape index (κ1) is 17.2. The molecule has 118 valence electrons. The van der Waals surface area contributed by atoms with E-state index >= 15 is 0 Å². The van der Waals surface area contributed by atoms with E-state index in [0.29, 0.717) is 25.6 Å². The Hall–Kier alpha value is -0.810. The number of likely N-dealkylation sites (tertiary alicyclic amines) is 1. The van der Waals surface area contributed by atoms with Crippen molar-refractivity contribution in [2.45, 2.75) is 65.2 Å². The van der Waals surface area contributed by atoms with E-state index in [9.17, 15) is 9.90 Å². The van der Waals surface area contributed by atoms with E-state index in [2.05, 4.69) is 12.2 Å². The van der Waals surface area contributed by atoms with Gasteiger partial charge in [0.2, 0.25) is 0 Å². The Kier molecular flexibility index (Phi) is 6.27. The summed E-state index contributed by atoms with van der Waals surface area (Å²) in [7, 11) is 0. The number of aliphatic hydroxyl groups is 1. The third-order valence-corrected chi connectivity index (χ3v) is 3.76. The van der Waals surface area contributed by atoms with Crippen molar-refractivity contribution < 1.29 is 14.6 Å². The number of nitrogens with zero attached hydrogens (tertiary/aromatic N) is 1. The second kappa shape index (κ2) is 7.27. The zero-order valence-electron chi connectivity index (χ0n) is 13.5. The van der Waals surface area contributed by atoms with Crippen LogP contribution in [0.1, 0.15) is 47.5 Å². The van der Waals surface area contributed by atoms with E-state index < -0.39 is 5.60 Å². The molecule has 1 aliphatic rings. The Morgan fingerprint density at radius 1 is 1.50 bits per heavy atom. The van der Waals surface area contributed by atoms with Crippen LogP contribution in [0.15, 0.2) is 0 Å². The van der Waals surface area contributed by atoms with Gasteiger partial charge in [-0.25, -0.2) is 4.79 Å². The number of carbonyl (C=O) groups excluding carboxylic acids is 1. The molecule has 1 aliphatic heterocycles. The number of ether oxygens (including phenoxy) is 1. The number of hydrogen-bond donors (Lipinski definition) is 2. The van der Waals surface area contributed by atoms with E-state index in [1.165, 1.54) is 0 Å². The lowest BCUT2D eigenvalue weighted by Gasteiger charge is -2.25. The minimum absolute atomic E-state index is 0.246. The quantitative estimate of drug-likeness (QED) is 0.811. The normalized spacial score (nSPS) is 22.7. The van der Waals surface area contributed by atoms with Gasteiger partial charge in [-0.05, 0) is 33.1 Å². The lowest BCUT2D eigenvalue weighted by Crippen LogP contribution is -2.41. The van der Waals surface area contributed by atoms with E-state index in [1.54, 1.807) is 4.90 Å². The first-order valence-corrected chi connectivity index (χ1v) is 7.62. The molecule has 0 aromatic rings. The lowest BCUT2D eigenvalue weighted by molar-refractivity contribution is 0.0290. The van der Waals surface area contributed by atoms with Crippen LogP contribution in [-0.2, 0) is 4.74 Å². The van der Waals surface area contributed by atoms with Crippen LogP contribution in [0.5, 0.6) is 0 Å². The number of aliphatic hydroxyl groups excluding tert-OH is 1. The summed E-state index contributed by atoms with van der Waals surface area (Å²) in [6, 6.07) is 0.251. The molecule has 0 aliphatic carbocycles. The zero-order valence-corrected chi connectivity index (χ0v) is 13.5. The third-order valence-electron chi connectivity index (χ3n) is 3.76. The molecular formula is C15H30N2O3. The van der Waals surface area contributed by atoms with Crippen molar-refractivity contribution >= 4 is 6.09 Å². The maximum Gasteiger partial charge on any atom is 0.410 e. The molecule has 20 heavy (non-hydrogen) atoms. The molecule has 0 bridgehead atoms. The summed E-state index contributed by atoms with van der Waals surface area (Å²) in [5.74, 6) is 0.297. The van der Waals surface area contributed by atoms with Crippen LogP contribution in [0.25, 0.3) is 0 Å². The molecule has 3 atom stereocenters. The molecule has 0 radical (unpaired) electrons. The molecule has 5 nitrogen and oxygen atoms in total. The molecule has 0 aromatic carbocycles. The number of amides is 1. The van der Waals surface area contributed by atoms with E-state index in [4.69, 9.17) is 4.74 Å². The minimum atomic E-state index is -0.449.